The highest BCUT2D eigenvalue weighted by molar-refractivity contribution is 7.92. The molecule has 0 bridgehead atoms. The lowest BCUT2D eigenvalue weighted by molar-refractivity contribution is -0.148. The third-order valence-electron chi connectivity index (χ3n) is 5.22. The average molecular weight is 465 g/mol. The van der Waals surface area contributed by atoms with Crippen molar-refractivity contribution in [1.82, 2.24) is 0 Å². The van der Waals surface area contributed by atoms with Crippen LogP contribution in [0.25, 0.3) is 0 Å². The van der Waals surface area contributed by atoms with Gasteiger partial charge in [0.05, 0.1) is 36.3 Å². The quantitative estimate of drug-likeness (QED) is 0.478. The van der Waals surface area contributed by atoms with Gasteiger partial charge in [0.1, 0.15) is 5.75 Å². The first-order valence-corrected chi connectivity index (χ1v) is 11.4. The van der Waals surface area contributed by atoms with Gasteiger partial charge in [-0.2, -0.15) is 0 Å². The Bertz CT molecular complexity index is 1150. The van der Waals surface area contributed by atoms with Crippen LogP contribution in [-0.4, -0.2) is 40.1 Å². The molecule has 0 saturated carbocycles. The topological polar surface area (TPSA) is 99.2 Å². The van der Waals surface area contributed by atoms with Crippen molar-refractivity contribution in [3.63, 3.8) is 0 Å². The van der Waals surface area contributed by atoms with E-state index in [1.165, 1.54) is 26.2 Å². The fraction of sp³-hybridized carbons (Fsp3) is 0.364. The predicted octanol–water partition coefficient (Wildman–Crippen LogP) is 3.08. The van der Waals surface area contributed by atoms with Crippen LogP contribution < -0.4 is 13.8 Å². The molecule has 0 fully saturated rings. The van der Waals surface area contributed by atoms with E-state index in [0.29, 0.717) is 5.56 Å². The fourth-order valence-corrected chi connectivity index (χ4v) is 5.47. The van der Waals surface area contributed by atoms with Crippen molar-refractivity contribution in [1.29, 1.82) is 0 Å². The van der Waals surface area contributed by atoms with E-state index in [1.54, 1.807) is 19.9 Å². The Morgan fingerprint density at radius 1 is 1.19 bits per heavy atom. The standard InChI is InChI=1S/C22H24FNO7S/c1-5-30-22(26)18-10-15-6-7-16(31-14(3)25)11-20(15)24(13(18)2)32(27,28)17-8-9-19(23)21(12-17)29-4/h6-9,11-13,18H,5,10H2,1-4H3. The molecule has 2 aromatic rings. The number of hydrogen-bond donors (Lipinski definition) is 0. The molecule has 0 saturated heterocycles. The lowest BCUT2D eigenvalue weighted by Crippen LogP contribution is -2.49. The number of carbonyl (C=O) groups excluding carboxylic acids is 2. The van der Waals surface area contributed by atoms with E-state index < -0.39 is 39.7 Å². The molecule has 0 aromatic heterocycles. The van der Waals surface area contributed by atoms with Gasteiger partial charge in [0.2, 0.25) is 0 Å². The van der Waals surface area contributed by atoms with Crippen molar-refractivity contribution in [2.75, 3.05) is 18.0 Å². The van der Waals surface area contributed by atoms with Gasteiger partial charge in [0.15, 0.2) is 11.6 Å². The van der Waals surface area contributed by atoms with Crippen LogP contribution in [0.4, 0.5) is 10.1 Å². The van der Waals surface area contributed by atoms with Crippen LogP contribution in [0.5, 0.6) is 11.5 Å². The van der Waals surface area contributed by atoms with Crippen LogP contribution in [0.1, 0.15) is 26.3 Å². The molecule has 2 atom stereocenters. The zero-order chi connectivity index (χ0) is 23.6. The number of fused-ring (bicyclic) bond motifs is 1. The second-order valence-electron chi connectivity index (χ2n) is 7.28. The monoisotopic (exact) mass is 465 g/mol. The minimum absolute atomic E-state index is 0.155. The third kappa shape index (κ3) is 4.40. The van der Waals surface area contributed by atoms with E-state index >= 15 is 0 Å². The number of benzene rings is 2. The molecule has 0 amide bonds. The van der Waals surface area contributed by atoms with Gasteiger partial charge in [-0.1, -0.05) is 6.07 Å². The highest BCUT2D eigenvalue weighted by atomic mass is 32.2. The first-order valence-electron chi connectivity index (χ1n) is 9.96. The van der Waals surface area contributed by atoms with Gasteiger partial charge in [-0.15, -0.1) is 0 Å². The van der Waals surface area contributed by atoms with Crippen LogP contribution in [-0.2, 0) is 30.8 Å². The summed E-state index contributed by atoms with van der Waals surface area (Å²) in [4.78, 5) is 23.8. The van der Waals surface area contributed by atoms with E-state index in [4.69, 9.17) is 14.2 Å². The molecule has 8 nitrogen and oxygen atoms in total. The van der Waals surface area contributed by atoms with Gasteiger partial charge < -0.3 is 14.2 Å². The lowest BCUT2D eigenvalue weighted by Gasteiger charge is -2.40. The van der Waals surface area contributed by atoms with E-state index in [1.807, 2.05) is 0 Å². The highest BCUT2D eigenvalue weighted by Gasteiger charge is 2.43. The van der Waals surface area contributed by atoms with Gasteiger partial charge in [-0.3, -0.25) is 13.9 Å². The Labute approximate surface area is 185 Å². The number of anilines is 1. The molecule has 0 spiro atoms. The molecule has 1 aliphatic rings. The molecule has 2 unspecified atom stereocenters. The largest absolute Gasteiger partial charge is 0.494 e. The van der Waals surface area contributed by atoms with E-state index in [2.05, 4.69) is 0 Å². The summed E-state index contributed by atoms with van der Waals surface area (Å²) in [6.45, 7) is 4.66. The maximum atomic E-state index is 13.9. The lowest BCUT2D eigenvalue weighted by atomic mass is 9.88. The summed E-state index contributed by atoms with van der Waals surface area (Å²) in [5, 5.41) is 0. The minimum Gasteiger partial charge on any atom is -0.494 e. The van der Waals surface area contributed by atoms with E-state index in [-0.39, 0.29) is 35.1 Å². The molecular formula is C22H24FNO7S. The summed E-state index contributed by atoms with van der Waals surface area (Å²) in [5.41, 5.74) is 0.829. The summed E-state index contributed by atoms with van der Waals surface area (Å²) in [5.74, 6) is -2.62. The van der Waals surface area contributed by atoms with Crippen LogP contribution in [0.2, 0.25) is 0 Å². The van der Waals surface area contributed by atoms with Crippen molar-refractivity contribution in [2.45, 2.75) is 38.1 Å². The van der Waals surface area contributed by atoms with Gasteiger partial charge in [0, 0.05) is 19.1 Å². The van der Waals surface area contributed by atoms with E-state index in [9.17, 15) is 22.4 Å². The number of rotatable bonds is 6. The first kappa shape index (κ1) is 23.5. The van der Waals surface area contributed by atoms with Gasteiger partial charge in [0.25, 0.3) is 10.0 Å². The second kappa shape index (κ2) is 9.15. The van der Waals surface area contributed by atoms with Crippen LogP contribution in [0.15, 0.2) is 41.3 Å². The molecule has 172 valence electrons. The van der Waals surface area contributed by atoms with Crippen molar-refractivity contribution in [3.05, 3.63) is 47.8 Å². The van der Waals surface area contributed by atoms with Crippen LogP contribution >= 0.6 is 0 Å². The molecule has 3 rings (SSSR count). The molecule has 10 heteroatoms. The Morgan fingerprint density at radius 2 is 1.91 bits per heavy atom. The normalized spacial score (nSPS) is 18.0. The molecule has 32 heavy (non-hydrogen) atoms. The zero-order valence-electron chi connectivity index (χ0n) is 18.1. The summed E-state index contributed by atoms with van der Waals surface area (Å²) in [6.07, 6.45) is 0.244. The minimum atomic E-state index is -4.26. The number of ether oxygens (including phenoxy) is 3. The summed E-state index contributed by atoms with van der Waals surface area (Å²) < 4.78 is 57.6. The van der Waals surface area contributed by atoms with E-state index in [0.717, 1.165) is 22.5 Å². The molecular weight excluding hydrogens is 441 g/mol. The van der Waals surface area contributed by atoms with Crippen molar-refractivity contribution >= 4 is 27.6 Å². The maximum Gasteiger partial charge on any atom is 0.311 e. The smallest absolute Gasteiger partial charge is 0.311 e. The van der Waals surface area contributed by atoms with Crippen LogP contribution in [0.3, 0.4) is 0 Å². The third-order valence-corrected chi connectivity index (χ3v) is 7.11. The Kier molecular flexibility index (Phi) is 6.73. The number of esters is 2. The highest BCUT2D eigenvalue weighted by Crippen LogP contribution is 2.41. The number of halogens is 1. The zero-order valence-corrected chi connectivity index (χ0v) is 18.9. The summed E-state index contributed by atoms with van der Waals surface area (Å²) in [6, 6.07) is 6.97. The Hall–Kier alpha value is -3.14. The maximum absolute atomic E-state index is 13.9. The second-order valence-corrected chi connectivity index (χ2v) is 9.10. The Morgan fingerprint density at radius 3 is 2.53 bits per heavy atom. The number of sulfonamides is 1. The molecule has 0 N–H and O–H groups in total. The number of methoxy groups -OCH3 is 1. The first-order chi connectivity index (χ1) is 15.1. The average Bonchev–Trinajstić information content (AvgIpc) is 2.72. The SMILES string of the molecule is CCOC(=O)C1Cc2ccc(OC(C)=O)cc2N(S(=O)(=O)c2ccc(F)c(OC)c2)C1C. The molecule has 0 aliphatic carbocycles. The van der Waals surface area contributed by atoms with Gasteiger partial charge in [-0.25, -0.2) is 12.8 Å². The summed E-state index contributed by atoms with van der Waals surface area (Å²) in [7, 11) is -3.03. The van der Waals surface area contributed by atoms with Gasteiger partial charge in [-0.05, 0) is 44.0 Å². The molecule has 2 aromatic carbocycles. The molecule has 1 heterocycles. The summed E-state index contributed by atoms with van der Waals surface area (Å²) >= 11 is 0. The van der Waals surface area contributed by atoms with Crippen LogP contribution in [0, 0.1) is 11.7 Å². The molecule has 1 aliphatic heterocycles. The van der Waals surface area contributed by atoms with Crippen molar-refractivity contribution in [2.24, 2.45) is 5.92 Å². The Balaban J connectivity index is 2.18. The van der Waals surface area contributed by atoms with Gasteiger partial charge >= 0.3 is 11.9 Å². The number of carbonyl (C=O) groups is 2. The predicted molar refractivity (Wildman–Crippen MR) is 114 cm³/mol. The van der Waals surface area contributed by atoms with Crippen molar-refractivity contribution < 1.29 is 36.6 Å². The van der Waals surface area contributed by atoms with Crippen molar-refractivity contribution in [3.8, 4) is 11.5 Å². The molecule has 0 radical (unpaired) electrons. The number of nitrogens with zero attached hydrogens (tertiary/aromatic N) is 1. The fourth-order valence-electron chi connectivity index (χ4n) is 3.73. The number of hydrogen-bond acceptors (Lipinski definition) is 7.